The standard InChI is InChI=1S/C10H10F3NO2/c11-10(12,13)8-2-1-3-9(14-6-16)7(8)4-5-15/h1-3,6,15H,4-5H2,(H,14,16). The summed E-state index contributed by atoms with van der Waals surface area (Å²) in [6.07, 6.45) is -4.35. The van der Waals surface area contributed by atoms with Gasteiger partial charge in [-0.2, -0.15) is 13.2 Å². The number of rotatable bonds is 4. The van der Waals surface area contributed by atoms with Gasteiger partial charge in [0.1, 0.15) is 0 Å². The molecular formula is C10H10F3NO2. The van der Waals surface area contributed by atoms with Crippen molar-refractivity contribution in [2.45, 2.75) is 12.6 Å². The lowest BCUT2D eigenvalue weighted by atomic mass is 10.0. The van der Waals surface area contributed by atoms with Gasteiger partial charge in [-0.1, -0.05) is 6.07 Å². The van der Waals surface area contributed by atoms with Crippen LogP contribution in [0.4, 0.5) is 18.9 Å². The van der Waals surface area contributed by atoms with E-state index in [9.17, 15) is 18.0 Å². The second-order valence-electron chi connectivity index (χ2n) is 3.07. The van der Waals surface area contributed by atoms with E-state index in [-0.39, 0.29) is 17.7 Å². The molecule has 16 heavy (non-hydrogen) atoms. The van der Waals surface area contributed by atoms with Crippen molar-refractivity contribution in [3.05, 3.63) is 29.3 Å². The van der Waals surface area contributed by atoms with Crippen molar-refractivity contribution >= 4 is 12.1 Å². The Labute approximate surface area is 89.9 Å². The average Bonchev–Trinajstić information content (AvgIpc) is 2.19. The number of aliphatic hydroxyl groups excluding tert-OH is 1. The van der Waals surface area contributed by atoms with E-state index in [1.54, 1.807) is 0 Å². The molecule has 1 aromatic rings. The number of aliphatic hydroxyl groups is 1. The van der Waals surface area contributed by atoms with Gasteiger partial charge in [0.15, 0.2) is 0 Å². The van der Waals surface area contributed by atoms with Crippen LogP contribution >= 0.6 is 0 Å². The van der Waals surface area contributed by atoms with Crippen LogP contribution in [-0.2, 0) is 17.4 Å². The molecule has 1 aromatic carbocycles. The molecule has 0 spiro atoms. The maximum Gasteiger partial charge on any atom is 0.416 e. The predicted octanol–water partition coefficient (Wildman–Crippen LogP) is 1.81. The molecule has 2 N–H and O–H groups in total. The van der Waals surface area contributed by atoms with Crippen LogP contribution in [0, 0.1) is 0 Å². The lowest BCUT2D eigenvalue weighted by Crippen LogP contribution is -2.12. The van der Waals surface area contributed by atoms with Gasteiger partial charge in [-0.15, -0.1) is 0 Å². The Hall–Kier alpha value is -1.56. The Morgan fingerprint density at radius 3 is 2.56 bits per heavy atom. The van der Waals surface area contributed by atoms with Crippen LogP contribution in [0.2, 0.25) is 0 Å². The number of halogens is 3. The molecule has 0 aliphatic rings. The number of alkyl halides is 3. The minimum absolute atomic E-state index is 0.0684. The van der Waals surface area contributed by atoms with Crippen molar-refractivity contribution in [3.63, 3.8) is 0 Å². The maximum atomic E-state index is 12.6. The molecule has 0 heterocycles. The van der Waals surface area contributed by atoms with Crippen molar-refractivity contribution < 1.29 is 23.1 Å². The highest BCUT2D eigenvalue weighted by molar-refractivity contribution is 5.74. The molecule has 88 valence electrons. The molecule has 0 atom stereocenters. The molecule has 0 bridgehead atoms. The minimum atomic E-state index is -4.49. The van der Waals surface area contributed by atoms with E-state index in [1.807, 2.05) is 0 Å². The first-order chi connectivity index (χ1) is 7.50. The van der Waals surface area contributed by atoms with Crippen LogP contribution in [0.3, 0.4) is 0 Å². The molecule has 0 saturated carbocycles. The lowest BCUT2D eigenvalue weighted by molar-refractivity contribution is -0.138. The molecule has 3 nitrogen and oxygen atoms in total. The van der Waals surface area contributed by atoms with Crippen LogP contribution in [0.5, 0.6) is 0 Å². The zero-order valence-corrected chi connectivity index (χ0v) is 8.21. The first-order valence-electron chi connectivity index (χ1n) is 4.51. The largest absolute Gasteiger partial charge is 0.416 e. The summed E-state index contributed by atoms with van der Waals surface area (Å²) in [5.41, 5.74) is -0.878. The molecule has 1 rings (SSSR count). The fraction of sp³-hybridized carbons (Fsp3) is 0.300. The third-order valence-electron chi connectivity index (χ3n) is 2.06. The average molecular weight is 233 g/mol. The zero-order chi connectivity index (χ0) is 12.2. The summed E-state index contributed by atoms with van der Waals surface area (Å²) in [4.78, 5) is 10.2. The van der Waals surface area contributed by atoms with Gasteiger partial charge in [0.05, 0.1) is 5.56 Å². The number of benzene rings is 1. The van der Waals surface area contributed by atoms with Gasteiger partial charge in [-0.25, -0.2) is 0 Å². The normalized spacial score (nSPS) is 11.2. The summed E-state index contributed by atoms with van der Waals surface area (Å²) >= 11 is 0. The van der Waals surface area contributed by atoms with E-state index in [2.05, 4.69) is 5.32 Å². The molecule has 0 aliphatic carbocycles. The summed E-state index contributed by atoms with van der Waals surface area (Å²) < 4.78 is 37.8. The fourth-order valence-electron chi connectivity index (χ4n) is 1.43. The number of nitrogens with one attached hydrogen (secondary N) is 1. The van der Waals surface area contributed by atoms with Crippen molar-refractivity contribution in [3.8, 4) is 0 Å². The van der Waals surface area contributed by atoms with Gasteiger partial charge in [0, 0.05) is 12.3 Å². The SMILES string of the molecule is O=CNc1cccc(C(F)(F)F)c1CCO. The van der Waals surface area contributed by atoms with E-state index in [1.165, 1.54) is 12.1 Å². The molecule has 0 unspecified atom stereocenters. The molecule has 0 fully saturated rings. The van der Waals surface area contributed by atoms with Gasteiger partial charge in [-0.05, 0) is 24.1 Å². The fourth-order valence-corrected chi connectivity index (χ4v) is 1.43. The molecule has 0 aliphatic heterocycles. The van der Waals surface area contributed by atoms with Gasteiger partial charge >= 0.3 is 6.18 Å². The third-order valence-corrected chi connectivity index (χ3v) is 2.06. The quantitative estimate of drug-likeness (QED) is 0.779. The summed E-state index contributed by atoms with van der Waals surface area (Å²) in [5.74, 6) is 0. The van der Waals surface area contributed by atoms with E-state index >= 15 is 0 Å². The Balaban J connectivity index is 3.26. The topological polar surface area (TPSA) is 49.3 Å². The highest BCUT2D eigenvalue weighted by Crippen LogP contribution is 2.35. The number of hydrogen-bond acceptors (Lipinski definition) is 2. The summed E-state index contributed by atoms with van der Waals surface area (Å²) in [6.45, 7) is -0.416. The van der Waals surface area contributed by atoms with Crippen molar-refractivity contribution in [2.24, 2.45) is 0 Å². The third kappa shape index (κ3) is 2.73. The highest BCUT2D eigenvalue weighted by Gasteiger charge is 2.33. The minimum Gasteiger partial charge on any atom is -0.396 e. The molecule has 0 aromatic heterocycles. The first-order valence-corrected chi connectivity index (χ1v) is 4.51. The van der Waals surface area contributed by atoms with E-state index < -0.39 is 18.3 Å². The van der Waals surface area contributed by atoms with E-state index in [0.717, 1.165) is 6.07 Å². The van der Waals surface area contributed by atoms with Crippen LogP contribution in [0.15, 0.2) is 18.2 Å². The first kappa shape index (κ1) is 12.5. The molecule has 0 saturated heterocycles. The number of carbonyl (C=O) groups is 1. The number of anilines is 1. The van der Waals surface area contributed by atoms with E-state index in [4.69, 9.17) is 5.11 Å². The van der Waals surface area contributed by atoms with Crippen LogP contribution in [0.25, 0.3) is 0 Å². The number of amides is 1. The Morgan fingerprint density at radius 2 is 2.06 bits per heavy atom. The number of hydrogen-bond donors (Lipinski definition) is 2. The molecular weight excluding hydrogens is 223 g/mol. The van der Waals surface area contributed by atoms with Gasteiger partial charge in [0.2, 0.25) is 6.41 Å². The second-order valence-corrected chi connectivity index (χ2v) is 3.07. The molecule has 6 heteroatoms. The Kier molecular flexibility index (Phi) is 3.89. The smallest absolute Gasteiger partial charge is 0.396 e. The maximum absolute atomic E-state index is 12.6. The Morgan fingerprint density at radius 1 is 1.38 bits per heavy atom. The lowest BCUT2D eigenvalue weighted by Gasteiger charge is -2.15. The second kappa shape index (κ2) is 4.98. The van der Waals surface area contributed by atoms with E-state index in [0.29, 0.717) is 6.41 Å². The predicted molar refractivity (Wildman–Crippen MR) is 51.9 cm³/mol. The van der Waals surface area contributed by atoms with Crippen molar-refractivity contribution in [1.29, 1.82) is 0 Å². The van der Waals surface area contributed by atoms with Crippen LogP contribution in [0.1, 0.15) is 11.1 Å². The van der Waals surface area contributed by atoms with Crippen molar-refractivity contribution in [1.82, 2.24) is 0 Å². The van der Waals surface area contributed by atoms with Crippen molar-refractivity contribution in [2.75, 3.05) is 11.9 Å². The summed E-state index contributed by atoms with van der Waals surface area (Å²) in [6, 6.07) is 3.48. The van der Waals surface area contributed by atoms with Gasteiger partial charge < -0.3 is 10.4 Å². The number of carbonyl (C=O) groups excluding carboxylic acids is 1. The molecule has 0 radical (unpaired) electrons. The Bertz CT molecular complexity index is 377. The zero-order valence-electron chi connectivity index (χ0n) is 8.21. The monoisotopic (exact) mass is 233 g/mol. The van der Waals surface area contributed by atoms with Crippen LogP contribution in [-0.4, -0.2) is 18.1 Å². The van der Waals surface area contributed by atoms with Gasteiger partial charge in [-0.3, -0.25) is 4.79 Å². The van der Waals surface area contributed by atoms with Gasteiger partial charge in [0.25, 0.3) is 0 Å². The van der Waals surface area contributed by atoms with Crippen LogP contribution < -0.4 is 5.32 Å². The summed E-state index contributed by atoms with van der Waals surface area (Å²) in [7, 11) is 0. The highest BCUT2D eigenvalue weighted by atomic mass is 19.4. The molecule has 1 amide bonds. The summed E-state index contributed by atoms with van der Waals surface area (Å²) in [5, 5.41) is 10.9.